The Morgan fingerprint density at radius 2 is 1.96 bits per heavy atom. The van der Waals surface area contributed by atoms with Gasteiger partial charge in [-0.05, 0) is 47.4 Å². The Hall–Kier alpha value is -2.82. The van der Waals surface area contributed by atoms with Gasteiger partial charge in [0.2, 0.25) is 0 Å². The lowest BCUT2D eigenvalue weighted by Gasteiger charge is -2.16. The molecule has 2 aromatic rings. The van der Waals surface area contributed by atoms with Gasteiger partial charge in [0.25, 0.3) is 5.91 Å². The van der Waals surface area contributed by atoms with Gasteiger partial charge in [0.15, 0.2) is 6.04 Å². The normalized spacial score (nSPS) is 13.7. The number of hydrogen-bond donors (Lipinski definition) is 2. The first-order valence-electron chi connectivity index (χ1n) is 7.96. The van der Waals surface area contributed by atoms with Gasteiger partial charge < -0.3 is 15.2 Å². The van der Waals surface area contributed by atoms with Crippen molar-refractivity contribution in [1.82, 2.24) is 5.32 Å². The molecular formula is C19H19NO4. The maximum Gasteiger partial charge on any atom is 0.330 e. The Morgan fingerprint density at radius 3 is 2.62 bits per heavy atom. The number of benzene rings is 2. The monoisotopic (exact) mass is 325 g/mol. The van der Waals surface area contributed by atoms with Gasteiger partial charge in [-0.3, -0.25) is 4.79 Å². The molecule has 0 spiro atoms. The van der Waals surface area contributed by atoms with Crippen molar-refractivity contribution in [2.75, 3.05) is 6.61 Å². The first-order valence-corrected chi connectivity index (χ1v) is 7.96. The molecule has 5 nitrogen and oxygen atoms in total. The van der Waals surface area contributed by atoms with Crippen LogP contribution < -0.4 is 10.1 Å². The Kier molecular flexibility index (Phi) is 4.51. The lowest BCUT2D eigenvalue weighted by atomic mass is 10.0. The van der Waals surface area contributed by atoms with E-state index in [-0.39, 0.29) is 0 Å². The topological polar surface area (TPSA) is 75.6 Å². The molecule has 124 valence electrons. The predicted molar refractivity (Wildman–Crippen MR) is 89.3 cm³/mol. The molecule has 1 unspecified atom stereocenters. The van der Waals surface area contributed by atoms with E-state index < -0.39 is 17.9 Å². The number of aliphatic carboxylic acids is 1. The number of carbonyl (C=O) groups excluding carboxylic acids is 1. The molecule has 0 aliphatic carbocycles. The summed E-state index contributed by atoms with van der Waals surface area (Å²) in [4.78, 5) is 24.0. The van der Waals surface area contributed by atoms with Gasteiger partial charge in [-0.1, -0.05) is 25.1 Å². The average Bonchev–Trinajstić information content (AvgIpc) is 3.06. The number of hydrogen-bond acceptors (Lipinski definition) is 3. The van der Waals surface area contributed by atoms with Gasteiger partial charge in [-0.25, -0.2) is 4.79 Å². The maximum atomic E-state index is 12.4. The fraction of sp³-hybridized carbons (Fsp3) is 0.263. The number of carboxylic acid groups (broad SMARTS) is 1. The van der Waals surface area contributed by atoms with Crippen molar-refractivity contribution in [3.05, 3.63) is 64.7 Å². The molecule has 24 heavy (non-hydrogen) atoms. The van der Waals surface area contributed by atoms with Crippen molar-refractivity contribution >= 4 is 11.9 Å². The molecule has 2 N–H and O–H groups in total. The van der Waals surface area contributed by atoms with E-state index in [9.17, 15) is 14.7 Å². The van der Waals surface area contributed by atoms with Crippen LogP contribution in [0.3, 0.4) is 0 Å². The molecule has 0 radical (unpaired) electrons. The summed E-state index contributed by atoms with van der Waals surface area (Å²) in [5.74, 6) is -0.710. The van der Waals surface area contributed by atoms with Gasteiger partial charge in [0.1, 0.15) is 5.75 Å². The fourth-order valence-corrected chi connectivity index (χ4v) is 2.78. The number of nitrogens with one attached hydrogen (secondary N) is 1. The third-order valence-corrected chi connectivity index (χ3v) is 4.19. The molecule has 1 aliphatic heterocycles. The first kappa shape index (κ1) is 16.1. The van der Waals surface area contributed by atoms with Crippen LogP contribution in [0, 0.1) is 0 Å². The van der Waals surface area contributed by atoms with E-state index in [0.717, 1.165) is 29.7 Å². The largest absolute Gasteiger partial charge is 0.493 e. The van der Waals surface area contributed by atoms with Crippen LogP contribution in [0.25, 0.3) is 0 Å². The van der Waals surface area contributed by atoms with Gasteiger partial charge in [-0.15, -0.1) is 0 Å². The molecular weight excluding hydrogens is 306 g/mol. The summed E-state index contributed by atoms with van der Waals surface area (Å²) in [5, 5.41) is 12.1. The summed E-state index contributed by atoms with van der Waals surface area (Å²) < 4.78 is 5.43. The van der Waals surface area contributed by atoms with Crippen LogP contribution in [0.1, 0.15) is 40.0 Å². The van der Waals surface area contributed by atoms with Crippen molar-refractivity contribution in [3.8, 4) is 5.75 Å². The van der Waals surface area contributed by atoms with E-state index in [0.29, 0.717) is 17.7 Å². The van der Waals surface area contributed by atoms with Crippen LogP contribution >= 0.6 is 0 Å². The summed E-state index contributed by atoms with van der Waals surface area (Å²) in [7, 11) is 0. The number of carboxylic acids is 1. The summed E-state index contributed by atoms with van der Waals surface area (Å²) in [5.41, 5.74) is 3.09. The standard InChI is InChI=1S/C19H19NO4/c1-2-12-3-5-13(6-4-12)18(21)20-17(19(22)23)15-7-8-16-14(11-15)9-10-24-16/h3-8,11,17H,2,9-10H2,1H3,(H,20,21)(H,22,23). The predicted octanol–water partition coefficient (Wildman–Crippen LogP) is 2.74. The minimum Gasteiger partial charge on any atom is -0.493 e. The van der Waals surface area contributed by atoms with Gasteiger partial charge in [0.05, 0.1) is 6.61 Å². The average molecular weight is 325 g/mol. The number of aryl methyl sites for hydroxylation is 1. The minimum atomic E-state index is -1.09. The minimum absolute atomic E-state index is 0.401. The Labute approximate surface area is 140 Å². The number of rotatable bonds is 5. The second kappa shape index (κ2) is 6.74. The highest BCUT2D eigenvalue weighted by molar-refractivity contribution is 5.96. The zero-order chi connectivity index (χ0) is 17.1. The molecule has 0 bridgehead atoms. The van der Waals surface area contributed by atoms with Gasteiger partial charge in [0, 0.05) is 12.0 Å². The number of ether oxygens (including phenoxy) is 1. The van der Waals surface area contributed by atoms with Crippen molar-refractivity contribution in [2.24, 2.45) is 0 Å². The fourth-order valence-electron chi connectivity index (χ4n) is 2.78. The van der Waals surface area contributed by atoms with Crippen molar-refractivity contribution in [1.29, 1.82) is 0 Å². The first-order chi connectivity index (χ1) is 11.6. The molecule has 3 rings (SSSR count). The lowest BCUT2D eigenvalue weighted by Crippen LogP contribution is -2.33. The van der Waals surface area contributed by atoms with Gasteiger partial charge >= 0.3 is 5.97 Å². The van der Waals surface area contributed by atoms with Crippen LogP contribution in [0.2, 0.25) is 0 Å². The number of carbonyl (C=O) groups is 2. The summed E-state index contributed by atoms with van der Waals surface area (Å²) in [6, 6.07) is 11.3. The van der Waals surface area contributed by atoms with Crippen molar-refractivity contribution in [3.63, 3.8) is 0 Å². The smallest absolute Gasteiger partial charge is 0.330 e. The van der Waals surface area contributed by atoms with E-state index in [1.807, 2.05) is 19.1 Å². The molecule has 2 aromatic carbocycles. The molecule has 1 heterocycles. The molecule has 1 atom stereocenters. The second-order valence-electron chi connectivity index (χ2n) is 5.76. The van der Waals surface area contributed by atoms with Gasteiger partial charge in [-0.2, -0.15) is 0 Å². The van der Waals surface area contributed by atoms with Crippen LogP contribution in [0.5, 0.6) is 5.75 Å². The van der Waals surface area contributed by atoms with Crippen molar-refractivity contribution < 1.29 is 19.4 Å². The summed E-state index contributed by atoms with van der Waals surface area (Å²) >= 11 is 0. The highest BCUT2D eigenvalue weighted by Gasteiger charge is 2.24. The zero-order valence-corrected chi connectivity index (χ0v) is 13.4. The van der Waals surface area contributed by atoms with Crippen LogP contribution in [0.4, 0.5) is 0 Å². The van der Waals surface area contributed by atoms with Crippen LogP contribution in [-0.4, -0.2) is 23.6 Å². The quantitative estimate of drug-likeness (QED) is 0.886. The highest BCUT2D eigenvalue weighted by atomic mass is 16.5. The zero-order valence-electron chi connectivity index (χ0n) is 13.4. The maximum absolute atomic E-state index is 12.4. The Balaban J connectivity index is 1.81. The van der Waals surface area contributed by atoms with E-state index in [4.69, 9.17) is 4.74 Å². The Bertz CT molecular complexity index is 767. The SMILES string of the molecule is CCc1ccc(C(=O)NC(C(=O)O)c2ccc3c(c2)CCO3)cc1. The highest BCUT2D eigenvalue weighted by Crippen LogP contribution is 2.28. The van der Waals surface area contributed by atoms with Crippen LogP contribution in [-0.2, 0) is 17.6 Å². The molecule has 0 saturated carbocycles. The Morgan fingerprint density at radius 1 is 1.21 bits per heavy atom. The van der Waals surface area contributed by atoms with E-state index in [2.05, 4.69) is 5.32 Å². The second-order valence-corrected chi connectivity index (χ2v) is 5.76. The van der Waals surface area contributed by atoms with Crippen molar-refractivity contribution in [2.45, 2.75) is 25.8 Å². The van der Waals surface area contributed by atoms with Crippen LogP contribution in [0.15, 0.2) is 42.5 Å². The number of fused-ring (bicyclic) bond motifs is 1. The molecule has 0 aromatic heterocycles. The third-order valence-electron chi connectivity index (χ3n) is 4.19. The molecule has 5 heteroatoms. The third kappa shape index (κ3) is 3.25. The molecule has 0 saturated heterocycles. The molecule has 1 aliphatic rings. The van der Waals surface area contributed by atoms with E-state index >= 15 is 0 Å². The summed E-state index contributed by atoms with van der Waals surface area (Å²) in [6.07, 6.45) is 1.64. The summed E-state index contributed by atoms with van der Waals surface area (Å²) in [6.45, 7) is 2.64. The number of amides is 1. The van der Waals surface area contributed by atoms with E-state index in [1.165, 1.54) is 0 Å². The molecule has 1 amide bonds. The lowest BCUT2D eigenvalue weighted by molar-refractivity contribution is -0.139. The van der Waals surface area contributed by atoms with E-state index in [1.54, 1.807) is 30.3 Å². The molecule has 0 fully saturated rings.